The van der Waals surface area contributed by atoms with Gasteiger partial charge in [-0.1, -0.05) is 12.2 Å². The Labute approximate surface area is 175 Å². The van der Waals surface area contributed by atoms with Crippen LogP contribution in [0.1, 0.15) is 40.3 Å². The molecule has 4 rings (SSSR count). The molecular weight excluding hydrogens is 413 g/mol. The highest BCUT2D eigenvalue weighted by molar-refractivity contribution is 5.97. The molecule has 0 radical (unpaired) electrons. The Kier molecular flexibility index (Phi) is 5.08. The molecule has 0 saturated heterocycles. The van der Waals surface area contributed by atoms with E-state index in [1.165, 1.54) is 10.9 Å². The van der Waals surface area contributed by atoms with Crippen molar-refractivity contribution in [1.82, 2.24) is 14.9 Å². The lowest BCUT2D eigenvalue weighted by Gasteiger charge is -2.41. The second kappa shape index (κ2) is 7.60. The standard InChI is InChI=1S/C21H19F3N4O3/c1-11-3-4-12(2)28-10-26(11)21(31)18-7-19(29)15(9-27(18)28)20(30)25-8-14-16(23)5-13(22)6-17(14)24/h3-7,9,11-12H,8,10H2,1-2H3,(H,25,30). The van der Waals surface area contributed by atoms with Gasteiger partial charge in [-0.05, 0) is 13.8 Å². The van der Waals surface area contributed by atoms with Crippen molar-refractivity contribution in [1.29, 1.82) is 0 Å². The van der Waals surface area contributed by atoms with E-state index in [9.17, 15) is 27.6 Å². The van der Waals surface area contributed by atoms with Crippen LogP contribution in [0, 0.1) is 17.5 Å². The van der Waals surface area contributed by atoms with Gasteiger partial charge < -0.3 is 10.2 Å². The first-order chi connectivity index (χ1) is 14.7. The summed E-state index contributed by atoms with van der Waals surface area (Å²) in [5.74, 6) is -4.59. The molecule has 2 atom stereocenters. The van der Waals surface area contributed by atoms with Crippen LogP contribution in [0.2, 0.25) is 0 Å². The molecule has 2 unspecified atom stereocenters. The molecule has 2 amide bonds. The Bertz CT molecular complexity index is 1150. The van der Waals surface area contributed by atoms with E-state index in [4.69, 9.17) is 0 Å². The zero-order chi connectivity index (χ0) is 22.4. The van der Waals surface area contributed by atoms with Crippen LogP contribution in [0.5, 0.6) is 0 Å². The summed E-state index contributed by atoms with van der Waals surface area (Å²) < 4.78 is 42.1. The van der Waals surface area contributed by atoms with Gasteiger partial charge >= 0.3 is 0 Å². The van der Waals surface area contributed by atoms with E-state index >= 15 is 0 Å². The van der Waals surface area contributed by atoms with Crippen molar-refractivity contribution in [2.24, 2.45) is 0 Å². The average molecular weight is 432 g/mol. The molecule has 10 heteroatoms. The molecule has 0 aliphatic carbocycles. The molecule has 0 spiro atoms. The number of pyridine rings is 1. The van der Waals surface area contributed by atoms with Crippen LogP contribution in [0.25, 0.3) is 0 Å². The smallest absolute Gasteiger partial charge is 0.274 e. The number of hydrogen-bond acceptors (Lipinski definition) is 4. The number of nitrogens with one attached hydrogen (secondary N) is 1. The van der Waals surface area contributed by atoms with Crippen LogP contribution in [-0.2, 0) is 6.54 Å². The maximum Gasteiger partial charge on any atom is 0.274 e. The zero-order valence-electron chi connectivity index (χ0n) is 16.7. The number of nitrogens with zero attached hydrogens (tertiary/aromatic N) is 3. The maximum atomic E-state index is 13.8. The molecule has 0 saturated carbocycles. The topological polar surface area (TPSA) is 74.7 Å². The third kappa shape index (κ3) is 3.58. The average Bonchev–Trinajstić information content (AvgIpc) is 2.83. The lowest BCUT2D eigenvalue weighted by Crippen LogP contribution is -2.57. The second-order valence-corrected chi connectivity index (χ2v) is 7.53. The normalized spacial score (nSPS) is 19.8. The largest absolute Gasteiger partial charge is 0.348 e. The number of amides is 2. The summed E-state index contributed by atoms with van der Waals surface area (Å²) in [6, 6.07) is 1.81. The van der Waals surface area contributed by atoms with E-state index in [2.05, 4.69) is 5.32 Å². The van der Waals surface area contributed by atoms with E-state index in [0.717, 1.165) is 6.07 Å². The molecule has 2 aliphatic heterocycles. The molecule has 1 aromatic heterocycles. The van der Waals surface area contributed by atoms with Gasteiger partial charge in [-0.3, -0.25) is 24.1 Å². The predicted molar refractivity (Wildman–Crippen MR) is 106 cm³/mol. The molecule has 31 heavy (non-hydrogen) atoms. The van der Waals surface area contributed by atoms with Gasteiger partial charge in [0, 0.05) is 42.5 Å². The fraction of sp³-hybridized carbons (Fsp3) is 0.286. The van der Waals surface area contributed by atoms with E-state index in [0.29, 0.717) is 12.1 Å². The van der Waals surface area contributed by atoms with Crippen molar-refractivity contribution in [3.63, 3.8) is 0 Å². The van der Waals surface area contributed by atoms with Crippen LogP contribution in [0.4, 0.5) is 13.2 Å². The van der Waals surface area contributed by atoms with Gasteiger partial charge in [-0.15, -0.1) is 0 Å². The fourth-order valence-electron chi connectivity index (χ4n) is 3.67. The number of halogens is 3. The summed E-state index contributed by atoms with van der Waals surface area (Å²) in [6.07, 6.45) is 5.07. The SMILES string of the molecule is CC1C=CC(C)N2CN1C(=O)c1cc(=O)c(C(=O)NCc3c(F)cc(F)cc3F)cn12. The number of aromatic nitrogens is 1. The molecule has 2 aliphatic rings. The second-order valence-electron chi connectivity index (χ2n) is 7.53. The Morgan fingerprint density at radius 3 is 2.39 bits per heavy atom. The highest BCUT2D eigenvalue weighted by Gasteiger charge is 2.35. The Morgan fingerprint density at radius 2 is 1.71 bits per heavy atom. The lowest BCUT2D eigenvalue weighted by atomic mass is 10.1. The number of rotatable bonds is 3. The molecule has 0 fully saturated rings. The summed E-state index contributed by atoms with van der Waals surface area (Å²) in [7, 11) is 0. The van der Waals surface area contributed by atoms with Gasteiger partial charge in [0.2, 0.25) is 0 Å². The Morgan fingerprint density at radius 1 is 1.06 bits per heavy atom. The van der Waals surface area contributed by atoms with Crippen molar-refractivity contribution in [2.75, 3.05) is 11.7 Å². The van der Waals surface area contributed by atoms with E-state index in [1.54, 1.807) is 4.90 Å². The first kappa shape index (κ1) is 20.7. The predicted octanol–water partition coefficient (Wildman–Crippen LogP) is 1.89. The summed E-state index contributed by atoms with van der Waals surface area (Å²) in [5, 5.41) is 4.09. The molecule has 2 bridgehead atoms. The minimum Gasteiger partial charge on any atom is -0.348 e. The van der Waals surface area contributed by atoms with Gasteiger partial charge in [0.1, 0.15) is 35.4 Å². The molecule has 2 aromatic rings. The number of fused-ring (bicyclic) bond motifs is 4. The Balaban J connectivity index is 1.66. The summed E-state index contributed by atoms with van der Waals surface area (Å²) >= 11 is 0. The van der Waals surface area contributed by atoms with Gasteiger partial charge in [0.25, 0.3) is 11.8 Å². The van der Waals surface area contributed by atoms with E-state index < -0.39 is 40.9 Å². The van der Waals surface area contributed by atoms with Crippen LogP contribution in [0.15, 0.2) is 41.3 Å². The van der Waals surface area contributed by atoms with Crippen LogP contribution >= 0.6 is 0 Å². The van der Waals surface area contributed by atoms with E-state index in [1.807, 2.05) is 31.0 Å². The maximum absolute atomic E-state index is 13.8. The molecule has 3 heterocycles. The van der Waals surface area contributed by atoms with Gasteiger partial charge in [-0.25, -0.2) is 13.2 Å². The number of hydrogen-bond donors (Lipinski definition) is 1. The fourth-order valence-corrected chi connectivity index (χ4v) is 3.67. The number of benzene rings is 1. The van der Waals surface area contributed by atoms with Crippen molar-refractivity contribution >= 4 is 11.8 Å². The quantitative estimate of drug-likeness (QED) is 0.752. The highest BCUT2D eigenvalue weighted by atomic mass is 19.1. The molecule has 7 nitrogen and oxygen atoms in total. The zero-order valence-corrected chi connectivity index (χ0v) is 16.7. The third-order valence-corrected chi connectivity index (χ3v) is 5.49. The van der Waals surface area contributed by atoms with E-state index in [-0.39, 0.29) is 35.9 Å². The Hall–Kier alpha value is -3.56. The number of carbonyl (C=O) groups is 2. The molecule has 1 aromatic carbocycles. The summed E-state index contributed by atoms with van der Waals surface area (Å²) in [4.78, 5) is 39.6. The first-order valence-electron chi connectivity index (χ1n) is 9.62. The minimum atomic E-state index is -1.15. The number of carbonyl (C=O) groups excluding carboxylic acids is 2. The first-order valence-corrected chi connectivity index (χ1v) is 9.62. The van der Waals surface area contributed by atoms with Gasteiger partial charge in [0.05, 0.1) is 6.04 Å². The van der Waals surface area contributed by atoms with Crippen molar-refractivity contribution in [3.8, 4) is 0 Å². The van der Waals surface area contributed by atoms with Gasteiger partial charge in [0.15, 0.2) is 5.43 Å². The molecule has 162 valence electrons. The molecular formula is C21H19F3N4O3. The van der Waals surface area contributed by atoms with Crippen LogP contribution in [-0.4, -0.2) is 40.1 Å². The minimum absolute atomic E-state index is 0.117. The van der Waals surface area contributed by atoms with Crippen molar-refractivity contribution in [3.05, 3.63) is 81.0 Å². The monoisotopic (exact) mass is 432 g/mol. The van der Waals surface area contributed by atoms with Crippen LogP contribution in [0.3, 0.4) is 0 Å². The summed E-state index contributed by atoms with van der Waals surface area (Å²) in [5.41, 5.74) is -1.41. The molecule has 1 N–H and O–H groups in total. The lowest BCUT2D eigenvalue weighted by molar-refractivity contribution is 0.0658. The summed E-state index contributed by atoms with van der Waals surface area (Å²) in [6.45, 7) is 3.46. The highest BCUT2D eigenvalue weighted by Crippen LogP contribution is 2.21. The van der Waals surface area contributed by atoms with Crippen molar-refractivity contribution in [2.45, 2.75) is 32.5 Å². The van der Waals surface area contributed by atoms with Crippen molar-refractivity contribution < 1.29 is 22.8 Å². The van der Waals surface area contributed by atoms with Crippen LogP contribution < -0.4 is 15.8 Å². The third-order valence-electron chi connectivity index (χ3n) is 5.49. The van der Waals surface area contributed by atoms with Gasteiger partial charge in [-0.2, -0.15) is 0 Å².